The van der Waals surface area contributed by atoms with Crippen LogP contribution in [0.3, 0.4) is 0 Å². The third-order valence-corrected chi connectivity index (χ3v) is 3.04. The Morgan fingerprint density at radius 1 is 1.33 bits per heavy atom. The Bertz CT molecular complexity index is 525. The van der Waals surface area contributed by atoms with E-state index in [0.717, 1.165) is 36.4 Å². The fraction of sp³-hybridized carbons (Fsp3) is 0.286. The minimum atomic E-state index is -0.204. The van der Waals surface area contributed by atoms with Gasteiger partial charge >= 0.3 is 0 Å². The summed E-state index contributed by atoms with van der Waals surface area (Å²) >= 11 is 0. The Balaban J connectivity index is 1.52. The van der Waals surface area contributed by atoms with E-state index in [9.17, 15) is 4.39 Å². The molecule has 1 aromatic heterocycles. The Hall–Kier alpha value is -1.81. The fourth-order valence-electron chi connectivity index (χ4n) is 2.17. The highest BCUT2D eigenvalue weighted by atomic mass is 19.1. The molecule has 4 heteroatoms. The third kappa shape index (κ3) is 2.38. The van der Waals surface area contributed by atoms with Crippen LogP contribution in [-0.2, 0) is 13.0 Å². The number of hydrogen-bond donors (Lipinski definition) is 1. The van der Waals surface area contributed by atoms with Gasteiger partial charge in [0.15, 0.2) is 0 Å². The minimum Gasteiger partial charge on any atom is -0.488 e. The van der Waals surface area contributed by atoms with E-state index in [1.165, 1.54) is 6.07 Å². The zero-order valence-corrected chi connectivity index (χ0v) is 9.86. The van der Waals surface area contributed by atoms with Gasteiger partial charge in [-0.1, -0.05) is 0 Å². The van der Waals surface area contributed by atoms with E-state index < -0.39 is 0 Å². The second kappa shape index (κ2) is 4.82. The molecule has 3 nitrogen and oxygen atoms in total. The van der Waals surface area contributed by atoms with Crippen molar-refractivity contribution in [1.82, 2.24) is 5.32 Å². The normalized spacial score (nSPS) is 17.5. The van der Waals surface area contributed by atoms with Crippen molar-refractivity contribution in [2.24, 2.45) is 0 Å². The molecule has 0 amide bonds. The van der Waals surface area contributed by atoms with Crippen LogP contribution in [0.15, 0.2) is 41.2 Å². The first-order valence-corrected chi connectivity index (χ1v) is 5.98. The molecule has 2 heterocycles. The summed E-state index contributed by atoms with van der Waals surface area (Å²) in [5.41, 5.74) is 2.06. The van der Waals surface area contributed by atoms with Crippen molar-refractivity contribution in [2.45, 2.75) is 19.1 Å². The predicted molar refractivity (Wildman–Crippen MR) is 64.9 cm³/mol. The van der Waals surface area contributed by atoms with Crippen LogP contribution < -0.4 is 10.1 Å². The van der Waals surface area contributed by atoms with Crippen LogP contribution in [0.2, 0.25) is 0 Å². The van der Waals surface area contributed by atoms with Crippen LogP contribution in [0, 0.1) is 5.82 Å². The van der Waals surface area contributed by atoms with Gasteiger partial charge in [-0.25, -0.2) is 4.39 Å². The Kier molecular flexibility index (Phi) is 3.02. The van der Waals surface area contributed by atoms with Gasteiger partial charge in [0.25, 0.3) is 0 Å². The number of nitrogens with one attached hydrogen (secondary N) is 1. The first-order chi connectivity index (χ1) is 8.81. The summed E-state index contributed by atoms with van der Waals surface area (Å²) in [7, 11) is 0. The first-order valence-electron chi connectivity index (χ1n) is 5.98. The molecule has 18 heavy (non-hydrogen) atoms. The molecule has 1 aliphatic rings. The largest absolute Gasteiger partial charge is 0.488 e. The summed E-state index contributed by atoms with van der Waals surface area (Å²) < 4.78 is 23.8. The molecule has 1 N–H and O–H groups in total. The number of ether oxygens (including phenoxy) is 1. The molecule has 0 fully saturated rings. The SMILES string of the molecule is Fc1ccc2c(c1)CC(CNCc1ccoc1)O2. The van der Waals surface area contributed by atoms with Gasteiger partial charge in [-0.2, -0.15) is 0 Å². The molecule has 0 spiro atoms. The topological polar surface area (TPSA) is 34.4 Å². The van der Waals surface area contributed by atoms with Gasteiger partial charge < -0.3 is 14.5 Å². The lowest BCUT2D eigenvalue weighted by molar-refractivity contribution is 0.227. The van der Waals surface area contributed by atoms with E-state index in [2.05, 4.69) is 5.32 Å². The van der Waals surface area contributed by atoms with Gasteiger partial charge in [-0.05, 0) is 24.3 Å². The molecule has 1 unspecified atom stereocenters. The Morgan fingerprint density at radius 2 is 2.28 bits per heavy atom. The lowest BCUT2D eigenvalue weighted by atomic mass is 10.1. The fourth-order valence-corrected chi connectivity index (χ4v) is 2.17. The number of benzene rings is 1. The molecular weight excluding hydrogens is 233 g/mol. The molecule has 0 saturated carbocycles. The van der Waals surface area contributed by atoms with Gasteiger partial charge in [-0.3, -0.25) is 0 Å². The molecule has 0 bridgehead atoms. The number of fused-ring (bicyclic) bond motifs is 1. The number of hydrogen-bond acceptors (Lipinski definition) is 3. The van der Waals surface area contributed by atoms with E-state index in [1.54, 1.807) is 24.7 Å². The monoisotopic (exact) mass is 247 g/mol. The summed E-state index contributed by atoms with van der Waals surface area (Å²) in [6, 6.07) is 6.60. The van der Waals surface area contributed by atoms with Crippen molar-refractivity contribution in [1.29, 1.82) is 0 Å². The van der Waals surface area contributed by atoms with Crippen LogP contribution in [-0.4, -0.2) is 12.6 Å². The maximum absolute atomic E-state index is 13.0. The van der Waals surface area contributed by atoms with Crippen molar-refractivity contribution in [3.8, 4) is 5.75 Å². The Morgan fingerprint density at radius 3 is 3.11 bits per heavy atom. The van der Waals surface area contributed by atoms with E-state index in [1.807, 2.05) is 6.07 Å². The van der Waals surface area contributed by atoms with Gasteiger partial charge in [0.1, 0.15) is 17.7 Å². The van der Waals surface area contributed by atoms with Crippen molar-refractivity contribution < 1.29 is 13.5 Å². The zero-order chi connectivity index (χ0) is 12.4. The highest BCUT2D eigenvalue weighted by Crippen LogP contribution is 2.28. The summed E-state index contributed by atoms with van der Waals surface area (Å²) in [6.45, 7) is 1.49. The highest BCUT2D eigenvalue weighted by molar-refractivity contribution is 5.37. The van der Waals surface area contributed by atoms with E-state index >= 15 is 0 Å². The molecule has 1 aliphatic heterocycles. The molecular formula is C14H14FNO2. The predicted octanol–water partition coefficient (Wildman–Crippen LogP) is 2.51. The molecule has 0 saturated heterocycles. The molecule has 1 atom stereocenters. The summed E-state index contributed by atoms with van der Waals surface area (Å²) in [4.78, 5) is 0. The van der Waals surface area contributed by atoms with Crippen LogP contribution in [0.25, 0.3) is 0 Å². The van der Waals surface area contributed by atoms with Crippen molar-refractivity contribution in [3.63, 3.8) is 0 Å². The third-order valence-electron chi connectivity index (χ3n) is 3.04. The summed E-state index contributed by atoms with van der Waals surface area (Å²) in [5, 5.41) is 3.30. The number of furan rings is 1. The second-order valence-electron chi connectivity index (χ2n) is 4.46. The highest BCUT2D eigenvalue weighted by Gasteiger charge is 2.22. The Labute approximate surface area is 105 Å². The first kappa shape index (κ1) is 11.3. The molecule has 0 radical (unpaired) electrons. The van der Waals surface area contributed by atoms with Gasteiger partial charge in [0.2, 0.25) is 0 Å². The maximum atomic E-state index is 13.0. The van der Waals surface area contributed by atoms with Crippen LogP contribution in [0.5, 0.6) is 5.75 Å². The minimum absolute atomic E-state index is 0.0775. The lowest BCUT2D eigenvalue weighted by Crippen LogP contribution is -2.29. The number of halogens is 1. The summed E-state index contributed by atoms with van der Waals surface area (Å²) in [5.74, 6) is 0.593. The van der Waals surface area contributed by atoms with E-state index in [-0.39, 0.29) is 11.9 Å². The quantitative estimate of drug-likeness (QED) is 0.901. The van der Waals surface area contributed by atoms with Crippen molar-refractivity contribution in [3.05, 3.63) is 53.7 Å². The molecule has 2 aromatic rings. The molecule has 1 aromatic carbocycles. The summed E-state index contributed by atoms with van der Waals surface area (Å²) in [6.07, 6.45) is 4.20. The van der Waals surface area contributed by atoms with Gasteiger partial charge in [0.05, 0.1) is 12.5 Å². The molecule has 0 aliphatic carbocycles. The number of rotatable bonds is 4. The smallest absolute Gasteiger partial charge is 0.123 e. The van der Waals surface area contributed by atoms with Crippen molar-refractivity contribution in [2.75, 3.05) is 6.54 Å². The van der Waals surface area contributed by atoms with E-state index in [4.69, 9.17) is 9.15 Å². The average Bonchev–Trinajstić information content (AvgIpc) is 2.97. The van der Waals surface area contributed by atoms with E-state index in [0.29, 0.717) is 0 Å². The second-order valence-corrected chi connectivity index (χ2v) is 4.46. The maximum Gasteiger partial charge on any atom is 0.123 e. The standard InChI is InChI=1S/C14H14FNO2/c15-12-1-2-14-11(5-12)6-13(18-14)8-16-7-10-3-4-17-9-10/h1-5,9,13,16H,6-8H2. The van der Waals surface area contributed by atoms with Gasteiger partial charge in [0, 0.05) is 30.6 Å². The van der Waals surface area contributed by atoms with Crippen LogP contribution in [0.4, 0.5) is 4.39 Å². The molecule has 3 rings (SSSR count). The molecule has 94 valence electrons. The van der Waals surface area contributed by atoms with Crippen molar-refractivity contribution >= 4 is 0 Å². The zero-order valence-electron chi connectivity index (χ0n) is 9.86. The average molecular weight is 247 g/mol. The van der Waals surface area contributed by atoms with Crippen LogP contribution >= 0.6 is 0 Å². The van der Waals surface area contributed by atoms with Crippen LogP contribution in [0.1, 0.15) is 11.1 Å². The van der Waals surface area contributed by atoms with Gasteiger partial charge in [-0.15, -0.1) is 0 Å². The lowest BCUT2D eigenvalue weighted by Gasteiger charge is -2.11.